The van der Waals surface area contributed by atoms with Gasteiger partial charge in [-0.05, 0) is 31.5 Å². The third-order valence-electron chi connectivity index (χ3n) is 4.53. The Kier molecular flexibility index (Phi) is 6.90. The van der Waals surface area contributed by atoms with Crippen LogP contribution in [0.4, 0.5) is 10.5 Å². The molecule has 0 aliphatic carbocycles. The number of urea groups is 1. The van der Waals surface area contributed by atoms with Gasteiger partial charge in [0.05, 0.1) is 18.9 Å². The normalized spacial score (nSPS) is 15.7. The number of nitrogens with one attached hydrogen (secondary N) is 2. The van der Waals surface area contributed by atoms with Crippen LogP contribution in [0, 0.1) is 0 Å². The zero-order chi connectivity index (χ0) is 21.5. The van der Waals surface area contributed by atoms with Crippen LogP contribution in [0.3, 0.4) is 0 Å². The van der Waals surface area contributed by atoms with Gasteiger partial charge in [-0.2, -0.15) is 0 Å². The van der Waals surface area contributed by atoms with E-state index in [0.29, 0.717) is 36.8 Å². The molecule has 158 valence electrons. The molecule has 2 aromatic rings. The van der Waals surface area contributed by atoms with Gasteiger partial charge < -0.3 is 20.1 Å². The summed E-state index contributed by atoms with van der Waals surface area (Å²) in [5, 5.41) is 5.35. The van der Waals surface area contributed by atoms with E-state index in [1.807, 2.05) is 44.2 Å². The van der Waals surface area contributed by atoms with E-state index in [9.17, 15) is 14.4 Å². The highest BCUT2D eigenvalue weighted by molar-refractivity contribution is 6.08. The van der Waals surface area contributed by atoms with E-state index in [1.54, 1.807) is 18.2 Å². The lowest BCUT2D eigenvalue weighted by atomic mass is 10.1. The van der Waals surface area contributed by atoms with Crippen molar-refractivity contribution in [2.24, 2.45) is 0 Å². The Balaban J connectivity index is 1.66. The molecule has 2 aromatic carbocycles. The highest BCUT2D eigenvalue weighted by Gasteiger charge is 2.38. The number of benzene rings is 2. The Morgan fingerprint density at radius 2 is 1.80 bits per heavy atom. The van der Waals surface area contributed by atoms with Crippen LogP contribution in [0.1, 0.15) is 19.4 Å². The fraction of sp³-hybridized carbons (Fsp3) is 0.318. The lowest BCUT2D eigenvalue weighted by molar-refractivity contribution is -0.130. The van der Waals surface area contributed by atoms with Crippen molar-refractivity contribution in [1.29, 1.82) is 0 Å². The van der Waals surface area contributed by atoms with Gasteiger partial charge in [0, 0.05) is 12.5 Å². The summed E-state index contributed by atoms with van der Waals surface area (Å²) in [7, 11) is 0. The Labute approximate surface area is 175 Å². The average molecular weight is 411 g/mol. The first kappa shape index (κ1) is 21.2. The van der Waals surface area contributed by atoms with Crippen molar-refractivity contribution in [3.05, 3.63) is 54.1 Å². The predicted octanol–water partition coefficient (Wildman–Crippen LogP) is 2.59. The molecule has 1 aliphatic rings. The number of nitrogens with zero attached hydrogens (tertiary/aromatic N) is 1. The van der Waals surface area contributed by atoms with Gasteiger partial charge in [-0.3, -0.25) is 14.5 Å². The Hall–Kier alpha value is -3.55. The Morgan fingerprint density at radius 3 is 2.50 bits per heavy atom. The first-order valence-corrected chi connectivity index (χ1v) is 9.87. The number of carbonyl (C=O) groups excluding carboxylic acids is 3. The van der Waals surface area contributed by atoms with Gasteiger partial charge in [-0.1, -0.05) is 30.3 Å². The van der Waals surface area contributed by atoms with E-state index < -0.39 is 23.9 Å². The lowest BCUT2D eigenvalue weighted by Crippen LogP contribution is -2.38. The van der Waals surface area contributed by atoms with Gasteiger partial charge in [0.1, 0.15) is 24.1 Å². The number of hydrogen-bond donors (Lipinski definition) is 2. The highest BCUT2D eigenvalue weighted by Crippen LogP contribution is 2.29. The van der Waals surface area contributed by atoms with Crippen LogP contribution in [-0.4, -0.2) is 48.5 Å². The van der Waals surface area contributed by atoms with Gasteiger partial charge in [-0.15, -0.1) is 0 Å². The summed E-state index contributed by atoms with van der Waals surface area (Å²) >= 11 is 0. The summed E-state index contributed by atoms with van der Waals surface area (Å²) in [6, 6.07) is 13.2. The first-order valence-electron chi connectivity index (χ1n) is 9.87. The number of imide groups is 1. The molecule has 0 saturated carbocycles. The maximum Gasteiger partial charge on any atom is 0.325 e. The second-order valence-corrected chi connectivity index (χ2v) is 6.69. The zero-order valence-electron chi connectivity index (χ0n) is 17.0. The Morgan fingerprint density at radius 1 is 1.07 bits per heavy atom. The van der Waals surface area contributed by atoms with Crippen LogP contribution in [0.5, 0.6) is 11.5 Å². The quantitative estimate of drug-likeness (QED) is 0.618. The number of rotatable bonds is 9. The van der Waals surface area contributed by atoms with E-state index in [4.69, 9.17) is 9.47 Å². The van der Waals surface area contributed by atoms with E-state index in [1.165, 1.54) is 0 Å². The van der Waals surface area contributed by atoms with Crippen LogP contribution in [0.2, 0.25) is 0 Å². The molecule has 0 spiro atoms. The van der Waals surface area contributed by atoms with Crippen molar-refractivity contribution in [3.63, 3.8) is 0 Å². The topological polar surface area (TPSA) is 97.0 Å². The average Bonchev–Trinajstić information content (AvgIpc) is 2.98. The third kappa shape index (κ3) is 5.08. The van der Waals surface area contributed by atoms with E-state index in [0.717, 1.165) is 10.5 Å². The molecule has 1 aliphatic heterocycles. The summed E-state index contributed by atoms with van der Waals surface area (Å²) in [6.45, 7) is 4.21. The lowest BCUT2D eigenvalue weighted by Gasteiger charge is -2.16. The summed E-state index contributed by atoms with van der Waals surface area (Å²) in [4.78, 5) is 38.4. The molecule has 3 rings (SSSR count). The molecular formula is C22H25N3O5. The highest BCUT2D eigenvalue weighted by atomic mass is 16.5. The number of hydrogen-bond acceptors (Lipinski definition) is 5. The fourth-order valence-electron chi connectivity index (χ4n) is 3.19. The smallest absolute Gasteiger partial charge is 0.325 e. The molecule has 1 heterocycles. The molecule has 30 heavy (non-hydrogen) atoms. The minimum Gasteiger partial charge on any atom is -0.494 e. The third-order valence-corrected chi connectivity index (χ3v) is 4.53. The van der Waals surface area contributed by atoms with Crippen molar-refractivity contribution in [2.45, 2.75) is 26.3 Å². The van der Waals surface area contributed by atoms with E-state index in [-0.39, 0.29) is 6.54 Å². The van der Waals surface area contributed by atoms with Crippen molar-refractivity contribution >= 4 is 23.5 Å². The maximum atomic E-state index is 12.6. The van der Waals surface area contributed by atoms with E-state index >= 15 is 0 Å². The summed E-state index contributed by atoms with van der Waals surface area (Å²) < 4.78 is 11.0. The Bertz CT molecular complexity index is 916. The minimum absolute atomic E-state index is 0.369. The van der Waals surface area contributed by atoms with Gasteiger partial charge in [0.25, 0.3) is 5.91 Å². The number of amides is 4. The number of ether oxygens (including phenoxy) is 2. The minimum atomic E-state index is -0.687. The molecule has 0 radical (unpaired) electrons. The van der Waals surface area contributed by atoms with Crippen LogP contribution in [0.25, 0.3) is 0 Å². The maximum absolute atomic E-state index is 12.6. The monoisotopic (exact) mass is 411 g/mol. The summed E-state index contributed by atoms with van der Waals surface area (Å²) in [6.07, 6.45) is 0.369. The fourth-order valence-corrected chi connectivity index (χ4v) is 3.19. The zero-order valence-corrected chi connectivity index (χ0v) is 17.0. The molecule has 2 N–H and O–H groups in total. The molecule has 0 unspecified atom stereocenters. The van der Waals surface area contributed by atoms with Crippen molar-refractivity contribution < 1.29 is 23.9 Å². The molecule has 1 atom stereocenters. The number of carbonyl (C=O) groups is 3. The summed E-state index contributed by atoms with van der Waals surface area (Å²) in [5.74, 6) is 0.128. The van der Waals surface area contributed by atoms with Gasteiger partial charge >= 0.3 is 6.03 Å². The molecule has 8 heteroatoms. The molecule has 1 saturated heterocycles. The molecule has 0 aromatic heterocycles. The van der Waals surface area contributed by atoms with Crippen LogP contribution in [-0.2, 0) is 16.0 Å². The standard InChI is InChI=1S/C22H25N3O5/c1-3-29-16-10-11-19(30-4-2)17(13-16)23-20(26)14-25-21(27)18(24-22(25)28)12-15-8-6-5-7-9-15/h5-11,13,18H,3-4,12,14H2,1-2H3,(H,23,26)(H,24,28)/t18-/m1/s1. The van der Waals surface area contributed by atoms with Gasteiger partial charge in [-0.25, -0.2) is 4.79 Å². The SMILES string of the molecule is CCOc1ccc(OCC)c(NC(=O)CN2C(=O)N[C@H](Cc3ccccc3)C2=O)c1. The van der Waals surface area contributed by atoms with E-state index in [2.05, 4.69) is 10.6 Å². The van der Waals surface area contributed by atoms with Crippen LogP contribution >= 0.6 is 0 Å². The predicted molar refractivity (Wildman–Crippen MR) is 112 cm³/mol. The van der Waals surface area contributed by atoms with Crippen LogP contribution in [0.15, 0.2) is 48.5 Å². The summed E-state index contributed by atoms with van der Waals surface area (Å²) in [5.41, 5.74) is 1.34. The number of anilines is 1. The molecule has 4 amide bonds. The molecule has 8 nitrogen and oxygen atoms in total. The van der Waals surface area contributed by atoms with Crippen LogP contribution < -0.4 is 20.1 Å². The van der Waals surface area contributed by atoms with Crippen molar-refractivity contribution in [1.82, 2.24) is 10.2 Å². The van der Waals surface area contributed by atoms with Crippen molar-refractivity contribution in [2.75, 3.05) is 25.1 Å². The van der Waals surface area contributed by atoms with Gasteiger partial charge in [0.2, 0.25) is 5.91 Å². The van der Waals surface area contributed by atoms with Gasteiger partial charge in [0.15, 0.2) is 0 Å². The second-order valence-electron chi connectivity index (χ2n) is 6.69. The van der Waals surface area contributed by atoms with Crippen molar-refractivity contribution in [3.8, 4) is 11.5 Å². The largest absolute Gasteiger partial charge is 0.494 e. The molecule has 0 bridgehead atoms. The molecular weight excluding hydrogens is 386 g/mol. The second kappa shape index (κ2) is 9.78. The molecule has 1 fully saturated rings. The first-order chi connectivity index (χ1) is 14.5.